The van der Waals surface area contributed by atoms with Gasteiger partial charge in [0.25, 0.3) is 0 Å². The van der Waals surface area contributed by atoms with Crippen molar-refractivity contribution < 1.29 is 23.8 Å². The van der Waals surface area contributed by atoms with Crippen LogP contribution in [0.2, 0.25) is 0 Å². The number of carbonyl (C=O) groups is 2. The summed E-state index contributed by atoms with van der Waals surface area (Å²) in [5.74, 6) is 0.0591. The summed E-state index contributed by atoms with van der Waals surface area (Å²) in [6.07, 6.45) is 1.80. The molecule has 134 valence electrons. The Kier molecular flexibility index (Phi) is 7.99. The summed E-state index contributed by atoms with van der Waals surface area (Å²) in [6, 6.07) is 3.58. The maximum absolute atomic E-state index is 11.8. The van der Waals surface area contributed by atoms with Crippen molar-refractivity contribution in [1.29, 1.82) is 0 Å². The zero-order valence-electron chi connectivity index (χ0n) is 14.9. The minimum absolute atomic E-state index is 0.194. The molecular formula is C18H25IO5. The number of esters is 2. The molecule has 0 unspecified atom stereocenters. The number of halogens is 1. The van der Waals surface area contributed by atoms with Gasteiger partial charge in [-0.05, 0) is 80.8 Å². The zero-order chi connectivity index (χ0) is 18.3. The molecule has 0 N–H and O–H groups in total. The minimum Gasteiger partial charge on any atom is -0.494 e. The van der Waals surface area contributed by atoms with Gasteiger partial charge in [0.1, 0.15) is 11.4 Å². The molecular weight excluding hydrogens is 423 g/mol. The first-order valence-corrected chi connectivity index (χ1v) is 8.95. The monoisotopic (exact) mass is 448 g/mol. The summed E-state index contributed by atoms with van der Waals surface area (Å²) in [5.41, 5.74) is 0.934. The third-order valence-electron chi connectivity index (χ3n) is 3.19. The number of hydrogen-bond donors (Lipinski definition) is 0. The lowest BCUT2D eigenvalue weighted by atomic mass is 10.1. The third kappa shape index (κ3) is 7.07. The van der Waals surface area contributed by atoms with Crippen LogP contribution in [0.5, 0.6) is 5.75 Å². The number of hydrogen-bond acceptors (Lipinski definition) is 5. The SMILES string of the molecule is COC(=O)c1cc(OCCCCC(=O)OC(C)(C)C)cc(I)c1C. The first kappa shape index (κ1) is 20.7. The highest BCUT2D eigenvalue weighted by molar-refractivity contribution is 14.1. The van der Waals surface area contributed by atoms with Crippen LogP contribution in [0.1, 0.15) is 56.0 Å². The Morgan fingerprint density at radius 2 is 1.83 bits per heavy atom. The summed E-state index contributed by atoms with van der Waals surface area (Å²) in [4.78, 5) is 23.4. The first-order chi connectivity index (χ1) is 11.1. The fraction of sp³-hybridized carbons (Fsp3) is 0.556. The highest BCUT2D eigenvalue weighted by atomic mass is 127. The van der Waals surface area contributed by atoms with Crippen LogP contribution in [-0.2, 0) is 14.3 Å². The minimum atomic E-state index is -0.448. The van der Waals surface area contributed by atoms with E-state index in [9.17, 15) is 9.59 Å². The topological polar surface area (TPSA) is 61.8 Å². The Hall–Kier alpha value is -1.31. The fourth-order valence-electron chi connectivity index (χ4n) is 2.01. The lowest BCUT2D eigenvalue weighted by Gasteiger charge is -2.19. The van der Waals surface area contributed by atoms with Crippen LogP contribution in [0.4, 0.5) is 0 Å². The normalized spacial score (nSPS) is 11.1. The molecule has 1 aromatic carbocycles. The second kappa shape index (κ2) is 9.25. The molecule has 6 heteroatoms. The van der Waals surface area contributed by atoms with Crippen molar-refractivity contribution in [2.75, 3.05) is 13.7 Å². The molecule has 0 atom stereocenters. The van der Waals surface area contributed by atoms with E-state index in [2.05, 4.69) is 22.6 Å². The number of rotatable bonds is 7. The molecule has 0 aromatic heterocycles. The molecule has 5 nitrogen and oxygen atoms in total. The van der Waals surface area contributed by atoms with Crippen molar-refractivity contribution in [3.05, 3.63) is 26.8 Å². The molecule has 0 aliphatic heterocycles. The lowest BCUT2D eigenvalue weighted by molar-refractivity contribution is -0.154. The molecule has 0 saturated heterocycles. The van der Waals surface area contributed by atoms with Gasteiger partial charge >= 0.3 is 11.9 Å². The Bertz CT molecular complexity index is 590. The average molecular weight is 448 g/mol. The van der Waals surface area contributed by atoms with Crippen molar-refractivity contribution in [3.63, 3.8) is 0 Å². The molecule has 0 radical (unpaired) electrons. The molecule has 0 fully saturated rings. The van der Waals surface area contributed by atoms with E-state index >= 15 is 0 Å². The largest absolute Gasteiger partial charge is 0.494 e. The average Bonchev–Trinajstić information content (AvgIpc) is 2.47. The highest BCUT2D eigenvalue weighted by Crippen LogP contribution is 2.24. The molecule has 0 bridgehead atoms. The van der Waals surface area contributed by atoms with E-state index in [0.29, 0.717) is 30.8 Å². The van der Waals surface area contributed by atoms with Gasteiger partial charge in [0.05, 0.1) is 19.3 Å². The van der Waals surface area contributed by atoms with Gasteiger partial charge in [0.2, 0.25) is 0 Å². The maximum atomic E-state index is 11.8. The summed E-state index contributed by atoms with van der Waals surface area (Å²) in [7, 11) is 1.36. The standard InChI is InChI=1S/C18H25IO5/c1-12-14(17(21)22-5)10-13(11-15(12)19)23-9-7-6-8-16(20)24-18(2,3)4/h10-11H,6-9H2,1-5H3. The van der Waals surface area contributed by atoms with E-state index in [1.165, 1.54) is 7.11 Å². The summed E-state index contributed by atoms with van der Waals surface area (Å²) < 4.78 is 16.7. The van der Waals surface area contributed by atoms with Crippen molar-refractivity contribution in [1.82, 2.24) is 0 Å². The number of carbonyl (C=O) groups excluding carboxylic acids is 2. The molecule has 0 saturated carbocycles. The molecule has 24 heavy (non-hydrogen) atoms. The second-order valence-electron chi connectivity index (χ2n) is 6.46. The van der Waals surface area contributed by atoms with Crippen LogP contribution in [0.25, 0.3) is 0 Å². The Morgan fingerprint density at radius 3 is 2.42 bits per heavy atom. The Labute approximate surface area is 157 Å². The molecule has 1 aromatic rings. The van der Waals surface area contributed by atoms with Crippen LogP contribution in [0, 0.1) is 10.5 Å². The van der Waals surface area contributed by atoms with Gasteiger partial charge < -0.3 is 14.2 Å². The van der Waals surface area contributed by atoms with E-state index in [1.807, 2.05) is 33.8 Å². The van der Waals surface area contributed by atoms with Crippen LogP contribution in [0.3, 0.4) is 0 Å². The predicted molar refractivity (Wildman–Crippen MR) is 100 cm³/mol. The van der Waals surface area contributed by atoms with Crippen LogP contribution in [-0.4, -0.2) is 31.3 Å². The molecule has 0 aliphatic rings. The lowest BCUT2D eigenvalue weighted by Crippen LogP contribution is -2.23. The van der Waals surface area contributed by atoms with Gasteiger partial charge in [-0.15, -0.1) is 0 Å². The number of benzene rings is 1. The quantitative estimate of drug-likeness (QED) is 0.354. The van der Waals surface area contributed by atoms with Crippen molar-refractivity contribution in [2.45, 2.75) is 52.6 Å². The van der Waals surface area contributed by atoms with Gasteiger partial charge in [-0.1, -0.05) is 0 Å². The highest BCUT2D eigenvalue weighted by Gasteiger charge is 2.16. The van der Waals surface area contributed by atoms with Crippen molar-refractivity contribution >= 4 is 34.5 Å². The predicted octanol–water partition coefficient (Wildman–Crippen LogP) is 4.28. The van der Waals surface area contributed by atoms with Crippen molar-refractivity contribution in [2.24, 2.45) is 0 Å². The number of ether oxygens (including phenoxy) is 3. The molecule has 0 amide bonds. The van der Waals surface area contributed by atoms with E-state index in [1.54, 1.807) is 6.07 Å². The smallest absolute Gasteiger partial charge is 0.338 e. The van der Waals surface area contributed by atoms with Crippen molar-refractivity contribution in [3.8, 4) is 5.75 Å². The van der Waals surface area contributed by atoms with Crippen LogP contribution >= 0.6 is 22.6 Å². The molecule has 1 rings (SSSR count). The van der Waals surface area contributed by atoms with Gasteiger partial charge in [-0.2, -0.15) is 0 Å². The van der Waals surface area contributed by atoms with E-state index < -0.39 is 5.60 Å². The Balaban J connectivity index is 2.47. The van der Waals surface area contributed by atoms with Gasteiger partial charge in [0, 0.05) is 9.99 Å². The van der Waals surface area contributed by atoms with Gasteiger partial charge in [-0.25, -0.2) is 4.79 Å². The Morgan fingerprint density at radius 1 is 1.17 bits per heavy atom. The number of unbranched alkanes of at least 4 members (excludes halogenated alkanes) is 1. The van der Waals surface area contributed by atoms with Crippen LogP contribution in [0.15, 0.2) is 12.1 Å². The maximum Gasteiger partial charge on any atom is 0.338 e. The van der Waals surface area contributed by atoms with E-state index in [0.717, 1.165) is 15.6 Å². The summed E-state index contributed by atoms with van der Waals surface area (Å²) >= 11 is 2.17. The third-order valence-corrected chi connectivity index (χ3v) is 4.31. The van der Waals surface area contributed by atoms with Crippen LogP contribution < -0.4 is 4.74 Å². The van der Waals surface area contributed by atoms with E-state index in [-0.39, 0.29) is 11.9 Å². The fourth-order valence-corrected chi connectivity index (χ4v) is 2.61. The van der Waals surface area contributed by atoms with Gasteiger partial charge in [-0.3, -0.25) is 4.79 Å². The molecule has 0 heterocycles. The number of methoxy groups -OCH3 is 1. The first-order valence-electron chi connectivity index (χ1n) is 7.87. The van der Waals surface area contributed by atoms with E-state index in [4.69, 9.17) is 14.2 Å². The second-order valence-corrected chi connectivity index (χ2v) is 7.62. The summed E-state index contributed by atoms with van der Waals surface area (Å²) in [5, 5.41) is 0. The molecule has 0 aliphatic carbocycles. The zero-order valence-corrected chi connectivity index (χ0v) is 17.1. The summed E-state index contributed by atoms with van der Waals surface area (Å²) in [6.45, 7) is 7.91. The van der Waals surface area contributed by atoms with Gasteiger partial charge in [0.15, 0.2) is 0 Å². The molecule has 0 spiro atoms.